The van der Waals surface area contributed by atoms with Crippen molar-refractivity contribution in [2.75, 3.05) is 0 Å². The number of benzene rings is 1. The van der Waals surface area contributed by atoms with E-state index in [9.17, 15) is 9.90 Å². The summed E-state index contributed by atoms with van der Waals surface area (Å²) in [7, 11) is 0. The topological polar surface area (TPSA) is 49.3 Å². The quantitative estimate of drug-likeness (QED) is 0.892. The summed E-state index contributed by atoms with van der Waals surface area (Å²) in [6, 6.07) is 10.9. The molecule has 1 amide bonds. The molecule has 0 saturated heterocycles. The van der Waals surface area contributed by atoms with Crippen LogP contribution in [-0.2, 0) is 10.2 Å². The molecule has 1 aromatic carbocycles. The maximum absolute atomic E-state index is 12.7. The van der Waals surface area contributed by atoms with E-state index >= 15 is 0 Å². The summed E-state index contributed by atoms with van der Waals surface area (Å²) in [6.07, 6.45) is 4.82. The van der Waals surface area contributed by atoms with Gasteiger partial charge in [0.15, 0.2) is 0 Å². The molecule has 4 aliphatic carbocycles. The van der Waals surface area contributed by atoms with Crippen molar-refractivity contribution < 1.29 is 9.90 Å². The van der Waals surface area contributed by atoms with E-state index in [1.54, 1.807) is 0 Å². The molecule has 3 nitrogen and oxygen atoms in total. The molecule has 0 atom stereocenters. The highest BCUT2D eigenvalue weighted by Gasteiger charge is 2.60. The predicted molar refractivity (Wildman–Crippen MR) is 94.5 cm³/mol. The van der Waals surface area contributed by atoms with E-state index in [-0.39, 0.29) is 23.5 Å². The second kappa shape index (κ2) is 5.87. The smallest absolute Gasteiger partial charge is 0.221 e. The first-order chi connectivity index (χ1) is 11.5. The SMILES string of the molecule is CC(C)NC(=O)CC1(c2ccccc2)C2CC3CC1CC(C2)C3O. The van der Waals surface area contributed by atoms with Gasteiger partial charge in [-0.3, -0.25) is 4.79 Å². The molecule has 0 heterocycles. The lowest BCUT2D eigenvalue weighted by molar-refractivity contribution is -0.147. The van der Waals surface area contributed by atoms with E-state index in [4.69, 9.17) is 0 Å². The molecule has 2 N–H and O–H groups in total. The van der Waals surface area contributed by atoms with E-state index in [0.717, 1.165) is 25.7 Å². The summed E-state index contributed by atoms with van der Waals surface area (Å²) in [4.78, 5) is 12.7. The van der Waals surface area contributed by atoms with Crippen LogP contribution in [0.25, 0.3) is 0 Å². The molecule has 5 rings (SSSR count). The van der Waals surface area contributed by atoms with Crippen LogP contribution in [0.3, 0.4) is 0 Å². The van der Waals surface area contributed by atoms with Crippen LogP contribution in [0.15, 0.2) is 30.3 Å². The van der Waals surface area contributed by atoms with E-state index in [0.29, 0.717) is 30.1 Å². The minimum atomic E-state index is -0.101. The lowest BCUT2D eigenvalue weighted by Crippen LogP contribution is -2.61. The lowest BCUT2D eigenvalue weighted by atomic mass is 9.42. The van der Waals surface area contributed by atoms with Crippen LogP contribution in [0, 0.1) is 23.7 Å². The zero-order valence-corrected chi connectivity index (χ0v) is 14.7. The van der Waals surface area contributed by atoms with E-state index in [2.05, 4.69) is 35.6 Å². The lowest BCUT2D eigenvalue weighted by Gasteiger charge is -2.63. The van der Waals surface area contributed by atoms with E-state index < -0.39 is 0 Å². The molecule has 0 aromatic heterocycles. The first-order valence-electron chi connectivity index (χ1n) is 9.53. The molecule has 0 aliphatic heterocycles. The Hall–Kier alpha value is -1.35. The van der Waals surface area contributed by atoms with Crippen molar-refractivity contribution in [3.05, 3.63) is 35.9 Å². The van der Waals surface area contributed by atoms with Crippen LogP contribution in [0.4, 0.5) is 0 Å². The van der Waals surface area contributed by atoms with Crippen LogP contribution in [0.2, 0.25) is 0 Å². The van der Waals surface area contributed by atoms with Crippen LogP contribution in [0.5, 0.6) is 0 Å². The van der Waals surface area contributed by atoms with Crippen molar-refractivity contribution in [2.24, 2.45) is 23.7 Å². The van der Waals surface area contributed by atoms with E-state index in [1.165, 1.54) is 5.56 Å². The maximum atomic E-state index is 12.7. The monoisotopic (exact) mass is 327 g/mol. The summed E-state index contributed by atoms with van der Waals surface area (Å²) in [6.45, 7) is 4.06. The van der Waals surface area contributed by atoms with Crippen molar-refractivity contribution in [2.45, 2.75) is 63.5 Å². The number of hydrogen-bond donors (Lipinski definition) is 2. The molecule has 24 heavy (non-hydrogen) atoms. The van der Waals surface area contributed by atoms with Gasteiger partial charge in [-0.25, -0.2) is 0 Å². The molecule has 0 radical (unpaired) electrons. The zero-order chi connectivity index (χ0) is 16.9. The Kier molecular flexibility index (Phi) is 3.95. The molecule has 4 saturated carbocycles. The van der Waals surface area contributed by atoms with Crippen LogP contribution < -0.4 is 5.32 Å². The fourth-order valence-corrected chi connectivity index (χ4v) is 6.21. The van der Waals surface area contributed by atoms with Gasteiger partial charge < -0.3 is 10.4 Å². The molecular formula is C21H29NO2. The second-order valence-corrected chi connectivity index (χ2v) is 8.65. The number of hydrogen-bond acceptors (Lipinski definition) is 2. The molecule has 3 heteroatoms. The molecule has 1 aromatic rings. The van der Waals surface area contributed by atoms with Crippen LogP contribution in [-0.4, -0.2) is 23.2 Å². The number of carbonyl (C=O) groups excluding carboxylic acids is 1. The Morgan fingerprint density at radius 3 is 2.17 bits per heavy atom. The van der Waals surface area contributed by atoms with Crippen LogP contribution in [0.1, 0.15) is 51.5 Å². The Labute approximate surface area is 144 Å². The summed E-state index contributed by atoms with van der Waals surface area (Å²) < 4.78 is 0. The average Bonchev–Trinajstić information content (AvgIpc) is 2.53. The van der Waals surface area contributed by atoms with Gasteiger partial charge in [-0.05, 0) is 68.8 Å². The Bertz CT molecular complexity index is 580. The normalized spacial score (nSPS) is 40.1. The number of rotatable bonds is 4. The number of aliphatic hydroxyl groups is 1. The molecular weight excluding hydrogens is 298 g/mol. The van der Waals surface area contributed by atoms with Crippen molar-refractivity contribution >= 4 is 5.91 Å². The fourth-order valence-electron chi connectivity index (χ4n) is 6.21. The number of nitrogens with one attached hydrogen (secondary N) is 1. The maximum Gasteiger partial charge on any atom is 0.221 e. The van der Waals surface area contributed by atoms with Gasteiger partial charge >= 0.3 is 0 Å². The first-order valence-corrected chi connectivity index (χ1v) is 9.53. The third-order valence-electron chi connectivity index (χ3n) is 6.99. The molecule has 4 fully saturated rings. The van der Waals surface area contributed by atoms with Crippen molar-refractivity contribution in [1.82, 2.24) is 5.32 Å². The molecule has 4 bridgehead atoms. The zero-order valence-electron chi connectivity index (χ0n) is 14.7. The number of aliphatic hydroxyl groups excluding tert-OH is 1. The first kappa shape index (κ1) is 16.1. The highest BCUT2D eigenvalue weighted by molar-refractivity contribution is 5.78. The predicted octanol–water partition coefficient (Wildman–Crippen LogP) is 3.27. The second-order valence-electron chi connectivity index (χ2n) is 8.65. The third-order valence-corrected chi connectivity index (χ3v) is 6.99. The standard InChI is InChI=1S/C21H29NO2/c1-13(2)22-19(23)12-21(16-6-4-3-5-7-16)17-8-14-9-18(21)11-15(10-17)20(14)24/h3-7,13-15,17-18,20,24H,8-12H2,1-2H3,(H,22,23). The summed E-state index contributed by atoms with van der Waals surface area (Å²) >= 11 is 0. The minimum absolute atomic E-state index is 0.0344. The molecule has 0 spiro atoms. The van der Waals surface area contributed by atoms with Gasteiger partial charge in [-0.2, -0.15) is 0 Å². The van der Waals surface area contributed by atoms with Crippen molar-refractivity contribution in [1.29, 1.82) is 0 Å². The molecule has 4 aliphatic rings. The fraction of sp³-hybridized carbons (Fsp3) is 0.667. The van der Waals surface area contributed by atoms with Gasteiger partial charge in [-0.1, -0.05) is 30.3 Å². The van der Waals surface area contributed by atoms with Gasteiger partial charge in [-0.15, -0.1) is 0 Å². The number of amides is 1. The molecule has 130 valence electrons. The van der Waals surface area contributed by atoms with Crippen molar-refractivity contribution in [3.63, 3.8) is 0 Å². The highest BCUT2D eigenvalue weighted by atomic mass is 16.3. The van der Waals surface area contributed by atoms with Gasteiger partial charge in [0.2, 0.25) is 5.91 Å². The van der Waals surface area contributed by atoms with E-state index in [1.807, 2.05) is 13.8 Å². The Morgan fingerprint density at radius 1 is 1.12 bits per heavy atom. The van der Waals surface area contributed by atoms with Crippen molar-refractivity contribution in [3.8, 4) is 0 Å². The summed E-state index contributed by atoms with van der Waals surface area (Å²) in [5.74, 6) is 2.16. The number of carbonyl (C=O) groups is 1. The van der Waals surface area contributed by atoms with Gasteiger partial charge in [0.1, 0.15) is 0 Å². The third kappa shape index (κ3) is 2.40. The highest BCUT2D eigenvalue weighted by Crippen LogP contribution is 2.64. The summed E-state index contributed by atoms with van der Waals surface area (Å²) in [5, 5.41) is 13.6. The Morgan fingerprint density at radius 2 is 1.67 bits per heavy atom. The largest absolute Gasteiger partial charge is 0.393 e. The van der Waals surface area contributed by atoms with Gasteiger partial charge in [0.25, 0.3) is 0 Å². The van der Waals surface area contributed by atoms with Crippen LogP contribution >= 0.6 is 0 Å². The van der Waals surface area contributed by atoms with Gasteiger partial charge in [0.05, 0.1) is 6.10 Å². The summed E-state index contributed by atoms with van der Waals surface area (Å²) in [5.41, 5.74) is 1.31. The minimum Gasteiger partial charge on any atom is -0.393 e. The Balaban J connectivity index is 1.71. The average molecular weight is 327 g/mol. The van der Waals surface area contributed by atoms with Gasteiger partial charge in [0, 0.05) is 17.9 Å². The molecule has 0 unspecified atom stereocenters.